The number of carbonyl (C=O) groups is 2. The maximum atomic E-state index is 13.2. The molecule has 0 spiro atoms. The summed E-state index contributed by atoms with van der Waals surface area (Å²) >= 11 is 4.86. The number of nitrogens with one attached hydrogen (secondary N) is 1. The van der Waals surface area contributed by atoms with Gasteiger partial charge in [-0.15, -0.1) is 0 Å². The van der Waals surface area contributed by atoms with Gasteiger partial charge in [-0.2, -0.15) is 11.8 Å². The quantitative estimate of drug-likeness (QED) is 0.349. The van der Waals surface area contributed by atoms with E-state index in [9.17, 15) is 14.7 Å². The number of ether oxygens (including phenoxy) is 1. The van der Waals surface area contributed by atoms with Crippen LogP contribution in [0.15, 0.2) is 63.7 Å². The third kappa shape index (κ3) is 6.07. The van der Waals surface area contributed by atoms with Gasteiger partial charge in [0.05, 0.1) is 0 Å². The van der Waals surface area contributed by atoms with Gasteiger partial charge < -0.3 is 19.6 Å². The first-order chi connectivity index (χ1) is 15.8. The Hall–Kier alpha value is -2.55. The molecule has 174 valence electrons. The van der Waals surface area contributed by atoms with Crippen molar-refractivity contribution in [2.75, 3.05) is 19.1 Å². The molecule has 2 unspecified atom stereocenters. The third-order valence-corrected chi connectivity index (χ3v) is 6.40. The molecule has 0 saturated carbocycles. The lowest BCUT2D eigenvalue weighted by molar-refractivity contribution is -0.139. The van der Waals surface area contributed by atoms with E-state index in [1.807, 2.05) is 49.6 Å². The van der Waals surface area contributed by atoms with Crippen LogP contribution in [-0.4, -0.2) is 42.1 Å². The Kier molecular flexibility index (Phi) is 8.77. The second-order valence-electron chi connectivity index (χ2n) is 7.52. The highest BCUT2D eigenvalue weighted by atomic mass is 79.9. The van der Waals surface area contributed by atoms with Crippen LogP contribution < -0.4 is 5.32 Å². The number of rotatable bonds is 10. The Balaban J connectivity index is 2.05. The molecule has 3 aromatic rings. The Morgan fingerprint density at radius 3 is 2.52 bits per heavy atom. The molecule has 2 aromatic carbocycles. The van der Waals surface area contributed by atoms with Crippen molar-refractivity contribution in [2.24, 2.45) is 0 Å². The molecule has 2 atom stereocenters. The van der Waals surface area contributed by atoms with Gasteiger partial charge in [0, 0.05) is 12.7 Å². The lowest BCUT2D eigenvalue weighted by Gasteiger charge is -2.19. The van der Waals surface area contributed by atoms with Gasteiger partial charge in [0.2, 0.25) is 0 Å². The third-order valence-electron chi connectivity index (χ3n) is 5.33. The Labute approximate surface area is 205 Å². The highest BCUT2D eigenvalue weighted by Crippen LogP contribution is 2.34. The molecule has 0 radical (unpaired) electrons. The normalized spacial score (nSPS) is 12.8. The van der Waals surface area contributed by atoms with Crippen molar-refractivity contribution in [1.29, 1.82) is 0 Å². The van der Waals surface area contributed by atoms with Crippen LogP contribution in [0.2, 0.25) is 0 Å². The summed E-state index contributed by atoms with van der Waals surface area (Å²) in [6.45, 7) is 1.97. The number of carboxylic acid groups (broad SMARTS) is 1. The van der Waals surface area contributed by atoms with Crippen molar-refractivity contribution >= 4 is 39.6 Å². The molecular weight excluding hydrogens is 506 g/mol. The topological polar surface area (TPSA) is 88.8 Å². The van der Waals surface area contributed by atoms with Gasteiger partial charge in [-0.05, 0) is 87.8 Å². The molecule has 3 rings (SSSR count). The van der Waals surface area contributed by atoms with Crippen LogP contribution in [-0.2, 0) is 9.53 Å². The number of carbonyl (C=O) groups excluding carboxylic acids is 1. The summed E-state index contributed by atoms with van der Waals surface area (Å²) < 4.78 is 12.0. The van der Waals surface area contributed by atoms with Gasteiger partial charge in [0.15, 0.2) is 4.67 Å². The van der Waals surface area contributed by atoms with Crippen LogP contribution in [0.25, 0.3) is 11.1 Å². The molecule has 0 aliphatic carbocycles. The van der Waals surface area contributed by atoms with E-state index in [-0.39, 0.29) is 0 Å². The molecule has 0 aliphatic heterocycles. The number of benzene rings is 2. The number of hydrogen-bond acceptors (Lipinski definition) is 5. The zero-order chi connectivity index (χ0) is 24.0. The molecule has 0 saturated heterocycles. The number of methoxy groups -OCH3 is 1. The monoisotopic (exact) mass is 531 g/mol. The van der Waals surface area contributed by atoms with E-state index in [1.54, 1.807) is 25.3 Å². The van der Waals surface area contributed by atoms with E-state index in [0.29, 0.717) is 33.7 Å². The molecule has 1 aromatic heterocycles. The number of furan rings is 1. The highest BCUT2D eigenvalue weighted by molar-refractivity contribution is 9.10. The first-order valence-corrected chi connectivity index (χ1v) is 12.5. The zero-order valence-electron chi connectivity index (χ0n) is 18.6. The molecule has 0 bridgehead atoms. The number of carboxylic acids is 1. The Bertz CT molecular complexity index is 1130. The first kappa shape index (κ1) is 25.1. The minimum absolute atomic E-state index is 0.346. The molecule has 0 aliphatic rings. The largest absolute Gasteiger partial charge is 0.480 e. The maximum absolute atomic E-state index is 13.2. The fraction of sp³-hybridized carbons (Fsp3) is 0.280. The number of hydrogen-bond donors (Lipinski definition) is 2. The smallest absolute Gasteiger partial charge is 0.326 e. The number of amides is 1. The summed E-state index contributed by atoms with van der Waals surface area (Å²) in [4.78, 5) is 24.9. The minimum Gasteiger partial charge on any atom is -0.480 e. The summed E-state index contributed by atoms with van der Waals surface area (Å²) in [6, 6.07) is 15.8. The van der Waals surface area contributed by atoms with Gasteiger partial charge in [-0.1, -0.05) is 30.3 Å². The lowest BCUT2D eigenvalue weighted by Crippen LogP contribution is -2.41. The summed E-state index contributed by atoms with van der Waals surface area (Å²) in [7, 11) is 1.60. The van der Waals surface area contributed by atoms with E-state index in [0.717, 1.165) is 16.7 Å². The van der Waals surface area contributed by atoms with Crippen molar-refractivity contribution in [2.45, 2.75) is 25.5 Å². The van der Waals surface area contributed by atoms with Crippen LogP contribution in [0, 0.1) is 6.92 Å². The molecule has 0 fully saturated rings. The van der Waals surface area contributed by atoms with Crippen LogP contribution in [0.3, 0.4) is 0 Å². The van der Waals surface area contributed by atoms with E-state index in [1.165, 1.54) is 11.8 Å². The molecule has 6 nitrogen and oxygen atoms in total. The van der Waals surface area contributed by atoms with Crippen LogP contribution in [0.4, 0.5) is 0 Å². The Morgan fingerprint density at radius 1 is 1.15 bits per heavy atom. The molecule has 1 amide bonds. The van der Waals surface area contributed by atoms with Gasteiger partial charge in [0.25, 0.3) is 5.91 Å². The second kappa shape index (κ2) is 11.5. The molecule has 2 N–H and O–H groups in total. The van der Waals surface area contributed by atoms with Crippen LogP contribution in [0.1, 0.15) is 39.8 Å². The number of aryl methyl sites for hydroxylation is 1. The van der Waals surface area contributed by atoms with E-state index in [2.05, 4.69) is 21.2 Å². The molecular formula is C25H26BrNO5S. The number of halogens is 1. The van der Waals surface area contributed by atoms with Crippen molar-refractivity contribution in [1.82, 2.24) is 5.32 Å². The van der Waals surface area contributed by atoms with Crippen molar-refractivity contribution in [3.05, 3.63) is 81.7 Å². The minimum atomic E-state index is -1.05. The summed E-state index contributed by atoms with van der Waals surface area (Å²) in [5, 5.41) is 12.2. The second-order valence-corrected chi connectivity index (χ2v) is 9.29. The average Bonchev–Trinajstić information content (AvgIpc) is 3.22. The SMILES string of the molecule is COC(c1ccc(C(=O)NC(CCSC)C(=O)O)c(-c2ccccc2C)c1)c1ccc(Br)o1. The summed E-state index contributed by atoms with van der Waals surface area (Å²) in [5.74, 6) is -0.215. The van der Waals surface area contributed by atoms with E-state index < -0.39 is 24.0 Å². The van der Waals surface area contributed by atoms with Gasteiger partial charge in [-0.25, -0.2) is 4.79 Å². The van der Waals surface area contributed by atoms with Crippen molar-refractivity contribution < 1.29 is 23.8 Å². The zero-order valence-corrected chi connectivity index (χ0v) is 21.0. The van der Waals surface area contributed by atoms with Gasteiger partial charge >= 0.3 is 5.97 Å². The average molecular weight is 532 g/mol. The van der Waals surface area contributed by atoms with Crippen LogP contribution >= 0.6 is 27.7 Å². The fourth-order valence-corrected chi connectivity index (χ4v) is 4.43. The molecule has 8 heteroatoms. The molecule has 1 heterocycles. The predicted molar refractivity (Wildman–Crippen MR) is 134 cm³/mol. The predicted octanol–water partition coefficient (Wildman–Crippen LogP) is 5.69. The van der Waals surface area contributed by atoms with Gasteiger partial charge in [-0.3, -0.25) is 4.79 Å². The fourth-order valence-electron chi connectivity index (χ4n) is 3.64. The number of aliphatic carboxylic acids is 1. The highest BCUT2D eigenvalue weighted by Gasteiger charge is 2.25. The summed E-state index contributed by atoms with van der Waals surface area (Å²) in [6.07, 6.45) is 1.78. The van der Waals surface area contributed by atoms with Crippen LogP contribution in [0.5, 0.6) is 0 Å². The van der Waals surface area contributed by atoms with Crippen molar-refractivity contribution in [3.8, 4) is 11.1 Å². The first-order valence-electron chi connectivity index (χ1n) is 10.4. The van der Waals surface area contributed by atoms with Crippen molar-refractivity contribution in [3.63, 3.8) is 0 Å². The van der Waals surface area contributed by atoms with Gasteiger partial charge in [0.1, 0.15) is 17.9 Å². The van der Waals surface area contributed by atoms with E-state index >= 15 is 0 Å². The number of thioether (sulfide) groups is 1. The molecule has 33 heavy (non-hydrogen) atoms. The maximum Gasteiger partial charge on any atom is 0.326 e. The summed E-state index contributed by atoms with van der Waals surface area (Å²) in [5.41, 5.74) is 3.79. The lowest BCUT2D eigenvalue weighted by atomic mass is 9.92. The van der Waals surface area contributed by atoms with E-state index in [4.69, 9.17) is 9.15 Å². The Morgan fingerprint density at radius 2 is 1.91 bits per heavy atom. The standard InChI is InChI=1S/C25H26BrNO5S/c1-15-6-4-5-7-17(15)19-14-16(23(31-2)21-10-11-22(26)32-21)8-9-18(19)24(28)27-20(25(29)30)12-13-33-3/h4-11,14,20,23H,12-13H2,1-3H3,(H,27,28)(H,29,30).